The number of hydrogen-bond donors (Lipinski definition) is 1. The minimum atomic E-state index is -0.625. The maximum atomic E-state index is 12.1. The molecule has 0 atom stereocenters. The molecule has 7 heteroatoms. The molecule has 0 radical (unpaired) electrons. The van der Waals surface area contributed by atoms with Crippen LogP contribution in [0.1, 0.15) is 33.0 Å². The van der Waals surface area contributed by atoms with E-state index in [0.29, 0.717) is 11.8 Å². The molecule has 1 amide bonds. The van der Waals surface area contributed by atoms with Crippen LogP contribution in [-0.4, -0.2) is 30.5 Å². The first-order valence-corrected chi connectivity index (χ1v) is 9.90. The largest absolute Gasteiger partial charge is 0.449 e. The molecule has 0 fully saturated rings. The van der Waals surface area contributed by atoms with Crippen LogP contribution in [0.15, 0.2) is 66.7 Å². The fraction of sp³-hybridized carbons (Fsp3) is 0.120. The van der Waals surface area contributed by atoms with Gasteiger partial charge in [-0.25, -0.2) is 4.79 Å². The number of amides is 1. The number of hydrogen-bond acceptors (Lipinski definition) is 5. The van der Waals surface area contributed by atoms with E-state index in [-0.39, 0.29) is 30.3 Å². The standard InChI is InChI=1S/C25H18N2O5/c28-15-18-14-17(11-12-24(18)27(30)31)6-5-13-26-25(29)32-16-23-21-9-3-1-7-19(21)20-8-2-4-10-22(20)23/h1-4,7-12,14-15,23H,13,16H2,(H,26,29). The van der Waals surface area contributed by atoms with Gasteiger partial charge < -0.3 is 10.1 Å². The monoisotopic (exact) mass is 426 g/mol. The van der Waals surface area contributed by atoms with Gasteiger partial charge in [0.05, 0.1) is 17.0 Å². The average molecular weight is 426 g/mol. The summed E-state index contributed by atoms with van der Waals surface area (Å²) in [6.45, 7) is 0.239. The van der Waals surface area contributed by atoms with Gasteiger partial charge in [0.2, 0.25) is 0 Å². The Labute approximate surface area is 184 Å². The van der Waals surface area contributed by atoms with Crippen molar-refractivity contribution in [1.82, 2.24) is 5.32 Å². The van der Waals surface area contributed by atoms with Crippen LogP contribution in [0.5, 0.6) is 0 Å². The van der Waals surface area contributed by atoms with Gasteiger partial charge in [-0.2, -0.15) is 0 Å². The first-order valence-electron chi connectivity index (χ1n) is 9.90. The van der Waals surface area contributed by atoms with Gasteiger partial charge in [-0.15, -0.1) is 0 Å². The van der Waals surface area contributed by atoms with Crippen LogP contribution in [0.2, 0.25) is 0 Å². The van der Waals surface area contributed by atoms with Crippen LogP contribution in [0.3, 0.4) is 0 Å². The Morgan fingerprint density at radius 1 is 1.06 bits per heavy atom. The molecular formula is C25H18N2O5. The first-order chi connectivity index (χ1) is 15.6. The van der Waals surface area contributed by atoms with E-state index in [4.69, 9.17) is 4.74 Å². The number of rotatable bonds is 5. The number of nitro benzene ring substituents is 1. The van der Waals surface area contributed by atoms with Gasteiger partial charge in [0.1, 0.15) is 6.61 Å². The molecule has 32 heavy (non-hydrogen) atoms. The number of fused-ring (bicyclic) bond motifs is 3. The van der Waals surface area contributed by atoms with Crippen LogP contribution in [0.25, 0.3) is 11.1 Å². The molecule has 1 N–H and O–H groups in total. The highest BCUT2D eigenvalue weighted by Gasteiger charge is 2.28. The summed E-state index contributed by atoms with van der Waals surface area (Å²) in [5, 5.41) is 13.4. The number of aldehydes is 1. The summed E-state index contributed by atoms with van der Waals surface area (Å²) in [5.41, 5.74) is 4.68. The third-order valence-electron chi connectivity index (χ3n) is 5.25. The van der Waals surface area contributed by atoms with Crippen LogP contribution >= 0.6 is 0 Å². The van der Waals surface area contributed by atoms with Crippen molar-refractivity contribution in [2.75, 3.05) is 13.2 Å². The third kappa shape index (κ3) is 4.20. The summed E-state index contributed by atoms with van der Waals surface area (Å²) in [4.78, 5) is 33.4. The summed E-state index contributed by atoms with van der Waals surface area (Å²) < 4.78 is 5.43. The molecule has 0 saturated heterocycles. The zero-order valence-electron chi connectivity index (χ0n) is 16.9. The quantitative estimate of drug-likeness (QED) is 0.284. The molecule has 158 valence electrons. The molecular weight excluding hydrogens is 408 g/mol. The second-order valence-electron chi connectivity index (χ2n) is 7.13. The van der Waals surface area contributed by atoms with Gasteiger partial charge in [-0.05, 0) is 34.4 Å². The molecule has 1 aliphatic carbocycles. The molecule has 0 spiro atoms. The molecule has 0 heterocycles. The summed E-state index contributed by atoms with van der Waals surface area (Å²) in [6, 6.07) is 20.2. The summed E-state index contributed by atoms with van der Waals surface area (Å²) in [6.07, 6.45) is -0.170. The van der Waals surface area contributed by atoms with E-state index < -0.39 is 11.0 Å². The molecule has 3 aromatic carbocycles. The minimum Gasteiger partial charge on any atom is -0.449 e. The van der Waals surface area contributed by atoms with Gasteiger partial charge in [0.15, 0.2) is 6.29 Å². The molecule has 0 saturated carbocycles. The van der Waals surface area contributed by atoms with Crippen molar-refractivity contribution in [3.8, 4) is 23.0 Å². The average Bonchev–Trinajstić information content (AvgIpc) is 3.14. The highest BCUT2D eigenvalue weighted by molar-refractivity contribution is 5.82. The van der Waals surface area contributed by atoms with E-state index in [0.717, 1.165) is 22.3 Å². The number of carbonyl (C=O) groups is 2. The lowest BCUT2D eigenvalue weighted by Crippen LogP contribution is -2.26. The van der Waals surface area contributed by atoms with E-state index in [1.165, 1.54) is 18.2 Å². The van der Waals surface area contributed by atoms with Gasteiger partial charge >= 0.3 is 6.09 Å². The van der Waals surface area contributed by atoms with Crippen molar-refractivity contribution >= 4 is 18.1 Å². The number of benzene rings is 3. The molecule has 1 aliphatic rings. The number of carbonyl (C=O) groups excluding carboxylic acids is 2. The molecule has 0 bridgehead atoms. The van der Waals surface area contributed by atoms with Crippen LogP contribution < -0.4 is 5.32 Å². The maximum Gasteiger partial charge on any atom is 0.407 e. The zero-order chi connectivity index (χ0) is 22.5. The number of nitrogens with zero attached hydrogens (tertiary/aromatic N) is 1. The number of nitro groups is 1. The number of ether oxygens (including phenoxy) is 1. The van der Waals surface area contributed by atoms with E-state index in [2.05, 4.69) is 29.3 Å². The summed E-state index contributed by atoms with van der Waals surface area (Å²) >= 11 is 0. The van der Waals surface area contributed by atoms with Gasteiger partial charge in [-0.3, -0.25) is 14.9 Å². The van der Waals surface area contributed by atoms with E-state index in [9.17, 15) is 19.7 Å². The van der Waals surface area contributed by atoms with Crippen molar-refractivity contribution in [2.45, 2.75) is 5.92 Å². The normalized spacial score (nSPS) is 11.5. The van der Waals surface area contributed by atoms with Crippen molar-refractivity contribution in [3.63, 3.8) is 0 Å². The molecule has 0 aromatic heterocycles. The van der Waals surface area contributed by atoms with Crippen molar-refractivity contribution in [3.05, 3.63) is 99.1 Å². The molecule has 0 unspecified atom stereocenters. The number of nitrogens with one attached hydrogen (secondary N) is 1. The second kappa shape index (κ2) is 9.14. The van der Waals surface area contributed by atoms with Crippen LogP contribution in [0, 0.1) is 22.0 Å². The van der Waals surface area contributed by atoms with Gasteiger partial charge in [0, 0.05) is 17.5 Å². The fourth-order valence-corrected chi connectivity index (χ4v) is 3.80. The lowest BCUT2D eigenvalue weighted by atomic mass is 9.98. The first kappa shape index (κ1) is 20.8. The SMILES string of the molecule is O=Cc1cc(C#CCNC(=O)OCC2c3ccccc3-c3ccccc32)ccc1[N+](=O)[O-]. The zero-order valence-corrected chi connectivity index (χ0v) is 16.9. The van der Waals surface area contributed by atoms with E-state index >= 15 is 0 Å². The Morgan fingerprint density at radius 3 is 2.34 bits per heavy atom. The lowest BCUT2D eigenvalue weighted by molar-refractivity contribution is -0.385. The van der Waals surface area contributed by atoms with Crippen LogP contribution in [0.4, 0.5) is 10.5 Å². The van der Waals surface area contributed by atoms with Crippen molar-refractivity contribution < 1.29 is 19.2 Å². The van der Waals surface area contributed by atoms with E-state index in [1.54, 1.807) is 0 Å². The second-order valence-corrected chi connectivity index (χ2v) is 7.13. The molecule has 3 aromatic rings. The fourth-order valence-electron chi connectivity index (χ4n) is 3.80. The predicted octanol–water partition coefficient (Wildman–Crippen LogP) is 4.30. The lowest BCUT2D eigenvalue weighted by Gasteiger charge is -2.14. The molecule has 4 rings (SSSR count). The van der Waals surface area contributed by atoms with Crippen molar-refractivity contribution in [2.24, 2.45) is 0 Å². The minimum absolute atomic E-state index is 0.0268. The highest BCUT2D eigenvalue weighted by atomic mass is 16.6. The van der Waals surface area contributed by atoms with Crippen molar-refractivity contribution in [1.29, 1.82) is 0 Å². The van der Waals surface area contributed by atoms with E-state index in [1.807, 2.05) is 36.4 Å². The van der Waals surface area contributed by atoms with Gasteiger partial charge in [-0.1, -0.05) is 60.4 Å². The molecule has 0 aliphatic heterocycles. The Morgan fingerprint density at radius 2 is 1.72 bits per heavy atom. The Kier molecular flexibility index (Phi) is 5.95. The Bertz CT molecular complexity index is 1230. The molecule has 7 nitrogen and oxygen atoms in total. The summed E-state index contributed by atoms with van der Waals surface area (Å²) in [5.74, 6) is 5.48. The topological polar surface area (TPSA) is 98.5 Å². The Hall–Kier alpha value is -4.44. The van der Waals surface area contributed by atoms with Crippen LogP contribution in [-0.2, 0) is 4.74 Å². The Balaban J connectivity index is 1.35. The van der Waals surface area contributed by atoms with Gasteiger partial charge in [0.25, 0.3) is 5.69 Å². The summed E-state index contributed by atoms with van der Waals surface area (Å²) in [7, 11) is 0. The maximum absolute atomic E-state index is 12.1. The predicted molar refractivity (Wildman–Crippen MR) is 118 cm³/mol. The highest BCUT2D eigenvalue weighted by Crippen LogP contribution is 2.44. The number of alkyl carbamates (subject to hydrolysis) is 1. The third-order valence-corrected chi connectivity index (χ3v) is 5.25. The smallest absolute Gasteiger partial charge is 0.407 e.